The molecule has 0 radical (unpaired) electrons. The van der Waals surface area contributed by atoms with Crippen LogP contribution in [0.4, 0.5) is 0 Å². The summed E-state index contributed by atoms with van der Waals surface area (Å²) in [5, 5.41) is 2.52. The summed E-state index contributed by atoms with van der Waals surface area (Å²) < 4.78 is 1.53. The fourth-order valence-electron chi connectivity index (χ4n) is 0.908. The van der Waals surface area contributed by atoms with Crippen LogP contribution in [0, 0.1) is 6.92 Å². The van der Waals surface area contributed by atoms with Crippen LogP contribution >= 0.6 is 0 Å². The lowest BCUT2D eigenvalue weighted by atomic mass is 10.4. The van der Waals surface area contributed by atoms with Gasteiger partial charge in [-0.1, -0.05) is 0 Å². The number of carbonyl (C=O) groups excluding carboxylic acids is 1. The second kappa shape index (κ2) is 2.74. The molecular weight excluding hydrogens is 144 g/mol. The molecule has 0 aliphatic carbocycles. The minimum Gasteiger partial charge on any atom is -0.298 e. The van der Waals surface area contributed by atoms with Gasteiger partial charge in [-0.25, -0.2) is 0 Å². The number of hydrogen-bond acceptors (Lipinski definition) is 2. The van der Waals surface area contributed by atoms with Gasteiger partial charge in [0.05, 0.1) is 6.54 Å². The van der Waals surface area contributed by atoms with E-state index in [1.165, 1.54) is 17.7 Å². The highest BCUT2D eigenvalue weighted by Gasteiger charge is 2.00. The third-order valence-electron chi connectivity index (χ3n) is 1.39. The van der Waals surface area contributed by atoms with E-state index in [-0.39, 0.29) is 17.9 Å². The summed E-state index contributed by atoms with van der Waals surface area (Å²) in [5.41, 5.74) is 0.619. The van der Waals surface area contributed by atoms with Gasteiger partial charge in [0.2, 0.25) is 0 Å². The van der Waals surface area contributed by atoms with Crippen molar-refractivity contribution in [3.8, 4) is 0 Å². The smallest absolute Gasteiger partial charge is 0.264 e. The number of Topliss-reactive ketones (excluding diaryl/α,β-unsaturated/α-hetero) is 1. The summed E-state index contributed by atoms with van der Waals surface area (Å²) >= 11 is 0. The second-order valence-corrected chi connectivity index (χ2v) is 2.55. The van der Waals surface area contributed by atoms with Crippen molar-refractivity contribution in [2.24, 2.45) is 0 Å². The molecule has 1 aromatic heterocycles. The van der Waals surface area contributed by atoms with E-state index in [1.807, 2.05) is 0 Å². The van der Waals surface area contributed by atoms with E-state index in [1.54, 1.807) is 6.92 Å². The Balaban J connectivity index is 2.94. The molecule has 0 atom stereocenters. The van der Waals surface area contributed by atoms with Crippen LogP contribution in [0.25, 0.3) is 0 Å². The van der Waals surface area contributed by atoms with E-state index in [2.05, 4.69) is 5.10 Å². The highest BCUT2D eigenvalue weighted by atomic mass is 16.1. The van der Waals surface area contributed by atoms with Crippen LogP contribution in [0.2, 0.25) is 0 Å². The number of hydrogen-bond donors (Lipinski definition) is 1. The minimum atomic E-state index is -0.163. The Hall–Kier alpha value is -1.32. The monoisotopic (exact) mass is 154 g/mol. The number of nitrogens with zero attached hydrogens (tertiary/aromatic N) is 1. The molecule has 0 unspecified atom stereocenters. The van der Waals surface area contributed by atoms with Gasteiger partial charge in [-0.05, 0) is 13.8 Å². The maximum absolute atomic E-state index is 10.7. The molecule has 11 heavy (non-hydrogen) atoms. The number of carbonyl (C=O) groups is 1. The Labute approximate surface area is 63.8 Å². The number of aromatic nitrogens is 2. The van der Waals surface area contributed by atoms with Crippen LogP contribution in [-0.4, -0.2) is 15.6 Å². The molecule has 4 heteroatoms. The molecule has 0 saturated heterocycles. The Morgan fingerprint density at radius 3 is 2.73 bits per heavy atom. The third kappa shape index (κ3) is 1.80. The maximum atomic E-state index is 10.7. The number of ketones is 1. The predicted molar refractivity (Wildman–Crippen MR) is 40.5 cm³/mol. The van der Waals surface area contributed by atoms with E-state index >= 15 is 0 Å². The largest absolute Gasteiger partial charge is 0.298 e. The minimum absolute atomic E-state index is 0.0277. The molecule has 1 aromatic rings. The zero-order valence-electron chi connectivity index (χ0n) is 6.55. The molecule has 0 fully saturated rings. The van der Waals surface area contributed by atoms with Crippen LogP contribution in [-0.2, 0) is 11.3 Å². The quantitative estimate of drug-likeness (QED) is 0.655. The van der Waals surface area contributed by atoms with Crippen molar-refractivity contribution in [1.29, 1.82) is 0 Å². The first kappa shape index (κ1) is 7.78. The van der Waals surface area contributed by atoms with Crippen LogP contribution in [0.1, 0.15) is 12.6 Å². The molecule has 1 heterocycles. The molecule has 0 spiro atoms. The van der Waals surface area contributed by atoms with Crippen LogP contribution in [0.5, 0.6) is 0 Å². The first-order valence-corrected chi connectivity index (χ1v) is 3.35. The summed E-state index contributed by atoms with van der Waals surface area (Å²) in [6, 6.07) is 1.46. The van der Waals surface area contributed by atoms with Gasteiger partial charge in [-0.15, -0.1) is 0 Å². The van der Waals surface area contributed by atoms with Crippen molar-refractivity contribution < 1.29 is 4.79 Å². The molecule has 4 nitrogen and oxygen atoms in total. The summed E-state index contributed by atoms with van der Waals surface area (Å²) in [6.45, 7) is 3.51. The third-order valence-corrected chi connectivity index (χ3v) is 1.39. The van der Waals surface area contributed by atoms with Crippen molar-refractivity contribution in [2.75, 3.05) is 0 Å². The van der Waals surface area contributed by atoms with Crippen LogP contribution < -0.4 is 5.56 Å². The molecule has 0 aromatic carbocycles. The molecule has 0 saturated carbocycles. The Morgan fingerprint density at radius 2 is 2.36 bits per heavy atom. The van der Waals surface area contributed by atoms with Crippen molar-refractivity contribution in [3.63, 3.8) is 0 Å². The lowest BCUT2D eigenvalue weighted by molar-refractivity contribution is -0.117. The molecule has 0 aliphatic rings. The zero-order chi connectivity index (χ0) is 8.43. The van der Waals surface area contributed by atoms with Crippen molar-refractivity contribution >= 4 is 5.78 Å². The number of rotatable bonds is 2. The molecule has 0 bridgehead atoms. The second-order valence-electron chi connectivity index (χ2n) is 2.55. The normalized spacial score (nSPS) is 10.0. The molecule has 1 N–H and O–H groups in total. The van der Waals surface area contributed by atoms with Crippen LogP contribution in [0.3, 0.4) is 0 Å². The van der Waals surface area contributed by atoms with E-state index < -0.39 is 0 Å². The number of aryl methyl sites for hydroxylation is 1. The summed E-state index contributed by atoms with van der Waals surface area (Å²) in [6.07, 6.45) is 0. The van der Waals surface area contributed by atoms with Crippen LogP contribution in [0.15, 0.2) is 10.9 Å². The number of aromatic amines is 1. The molecular formula is C7H10N2O2. The lowest BCUT2D eigenvalue weighted by Gasteiger charge is -1.99. The van der Waals surface area contributed by atoms with E-state index in [9.17, 15) is 9.59 Å². The average Bonchev–Trinajstić information content (AvgIpc) is 2.09. The predicted octanol–water partition coefficient (Wildman–Crippen LogP) is 0.0738. The molecule has 60 valence electrons. The van der Waals surface area contributed by atoms with Gasteiger partial charge in [-0.3, -0.25) is 19.4 Å². The van der Waals surface area contributed by atoms with E-state index in [0.29, 0.717) is 0 Å². The van der Waals surface area contributed by atoms with Gasteiger partial charge in [-0.2, -0.15) is 0 Å². The Morgan fingerprint density at radius 1 is 1.73 bits per heavy atom. The van der Waals surface area contributed by atoms with E-state index in [4.69, 9.17) is 0 Å². The Bertz CT molecular complexity index is 321. The van der Waals surface area contributed by atoms with Gasteiger partial charge in [0.25, 0.3) is 5.56 Å². The SMILES string of the molecule is CC(=O)Cn1[nH]c(=O)cc1C. The maximum Gasteiger partial charge on any atom is 0.264 e. The highest BCUT2D eigenvalue weighted by molar-refractivity contribution is 5.75. The van der Waals surface area contributed by atoms with Gasteiger partial charge in [0, 0.05) is 11.8 Å². The van der Waals surface area contributed by atoms with Gasteiger partial charge in [0.15, 0.2) is 5.78 Å². The Kier molecular flexibility index (Phi) is 1.94. The first-order chi connectivity index (χ1) is 5.09. The van der Waals surface area contributed by atoms with Gasteiger partial charge >= 0.3 is 0 Å². The molecule has 0 amide bonds. The fourth-order valence-corrected chi connectivity index (χ4v) is 0.908. The standard InChI is InChI=1S/C7H10N2O2/c1-5-3-7(11)8-9(5)4-6(2)10/h3H,4H2,1-2H3,(H,8,11). The fraction of sp³-hybridized carbons (Fsp3) is 0.429. The number of H-pyrrole nitrogens is 1. The average molecular weight is 154 g/mol. The van der Waals surface area contributed by atoms with Crippen molar-refractivity contribution in [2.45, 2.75) is 20.4 Å². The van der Waals surface area contributed by atoms with E-state index in [0.717, 1.165) is 5.69 Å². The highest BCUT2D eigenvalue weighted by Crippen LogP contribution is 1.90. The molecule has 0 aliphatic heterocycles. The van der Waals surface area contributed by atoms with Crippen molar-refractivity contribution in [1.82, 2.24) is 9.78 Å². The lowest BCUT2D eigenvalue weighted by Crippen LogP contribution is -2.11. The summed E-state index contributed by atoms with van der Waals surface area (Å²) in [7, 11) is 0. The topological polar surface area (TPSA) is 54.9 Å². The molecule has 1 rings (SSSR count). The van der Waals surface area contributed by atoms with Gasteiger partial charge in [0.1, 0.15) is 0 Å². The van der Waals surface area contributed by atoms with Gasteiger partial charge < -0.3 is 0 Å². The summed E-state index contributed by atoms with van der Waals surface area (Å²) in [4.78, 5) is 21.3. The number of nitrogens with one attached hydrogen (secondary N) is 1. The van der Waals surface area contributed by atoms with Crippen molar-refractivity contribution in [3.05, 3.63) is 22.1 Å². The first-order valence-electron chi connectivity index (χ1n) is 3.35. The zero-order valence-corrected chi connectivity index (χ0v) is 6.55. The summed E-state index contributed by atoms with van der Waals surface area (Å²) in [5.74, 6) is 0.0277.